The summed E-state index contributed by atoms with van der Waals surface area (Å²) in [6, 6.07) is 6.20. The number of benzene rings is 1. The van der Waals surface area contributed by atoms with Gasteiger partial charge in [0.05, 0.1) is 12.5 Å². The fourth-order valence-corrected chi connectivity index (χ4v) is 5.29. The van der Waals surface area contributed by atoms with Crippen LogP contribution in [0.1, 0.15) is 18.9 Å². The van der Waals surface area contributed by atoms with E-state index in [0.717, 1.165) is 0 Å². The van der Waals surface area contributed by atoms with Crippen molar-refractivity contribution in [3.8, 4) is 6.07 Å². The molecule has 1 aromatic rings. The van der Waals surface area contributed by atoms with Gasteiger partial charge < -0.3 is 11.5 Å². The normalized spacial score (nSPS) is 36.2. The summed E-state index contributed by atoms with van der Waals surface area (Å²) in [6.45, 7) is 1.05. The number of amidine groups is 1. The van der Waals surface area contributed by atoms with Crippen LogP contribution in [0.3, 0.4) is 0 Å². The summed E-state index contributed by atoms with van der Waals surface area (Å²) < 4.78 is 27.9. The van der Waals surface area contributed by atoms with Crippen LogP contribution in [-0.2, 0) is 5.54 Å². The highest BCUT2D eigenvalue weighted by Gasteiger charge is 2.73. The van der Waals surface area contributed by atoms with Crippen molar-refractivity contribution >= 4 is 22.6 Å². The van der Waals surface area contributed by atoms with Gasteiger partial charge in [-0.3, -0.25) is 0 Å². The van der Waals surface area contributed by atoms with Crippen molar-refractivity contribution < 1.29 is 8.78 Å². The van der Waals surface area contributed by atoms with Crippen molar-refractivity contribution in [3.63, 3.8) is 0 Å². The van der Waals surface area contributed by atoms with E-state index in [0.29, 0.717) is 5.69 Å². The number of halogens is 2. The highest BCUT2D eigenvalue weighted by Crippen LogP contribution is 2.71. The van der Waals surface area contributed by atoms with Gasteiger partial charge >= 0.3 is 0 Å². The minimum atomic E-state index is -1.40. The van der Waals surface area contributed by atoms with Gasteiger partial charge in [0.25, 0.3) is 0 Å². The number of rotatable bonds is 3. The number of hydrogen-bond donors (Lipinski definition) is 2. The lowest BCUT2D eigenvalue weighted by molar-refractivity contribution is 0.257. The topological polar surface area (TPSA) is 88.2 Å². The summed E-state index contributed by atoms with van der Waals surface area (Å²) in [5, 5.41) is 9.28. The van der Waals surface area contributed by atoms with Crippen molar-refractivity contribution in [1.29, 1.82) is 5.26 Å². The lowest BCUT2D eigenvalue weighted by atomic mass is 9.83. The number of thioether (sulfide) groups is 1. The van der Waals surface area contributed by atoms with Gasteiger partial charge in [0.2, 0.25) is 0 Å². The van der Waals surface area contributed by atoms with E-state index in [2.05, 4.69) is 11.1 Å². The van der Waals surface area contributed by atoms with Gasteiger partial charge in [0, 0.05) is 21.9 Å². The molecule has 0 saturated heterocycles. The molecule has 3 rings (SSSR count). The van der Waals surface area contributed by atoms with Gasteiger partial charge in [-0.2, -0.15) is 5.26 Å². The average molecular weight is 322 g/mol. The zero-order chi connectivity index (χ0) is 16.1. The second-order valence-corrected chi connectivity index (χ2v) is 7.29. The molecule has 116 valence electrons. The molecule has 1 aliphatic heterocycles. The largest absolute Gasteiger partial charge is 0.399 e. The fraction of sp³-hybridized carbons (Fsp3) is 0.467. The Labute approximate surface area is 131 Å². The summed E-state index contributed by atoms with van der Waals surface area (Å²) in [5.74, 6) is -0.822. The Kier molecular flexibility index (Phi) is 3.33. The Bertz CT molecular complexity index is 701. The molecular formula is C15H16F2N4S. The third-order valence-corrected chi connectivity index (χ3v) is 6.27. The number of nitrogens with two attached hydrogens (primary N) is 2. The minimum absolute atomic E-state index is 0.0125. The van der Waals surface area contributed by atoms with E-state index in [1.807, 2.05) is 6.92 Å². The van der Waals surface area contributed by atoms with Crippen molar-refractivity contribution in [2.24, 2.45) is 22.6 Å². The molecular weight excluding hydrogens is 306 g/mol. The van der Waals surface area contributed by atoms with Crippen LogP contribution in [-0.4, -0.2) is 16.6 Å². The van der Waals surface area contributed by atoms with Gasteiger partial charge in [-0.25, -0.2) is 13.8 Å². The SMILES string of the molecule is CC1C2[C@@]1(CC#N)SC(N)=N[C@]2(CF)c1cc(N)ccc1F. The molecule has 1 aliphatic carbocycles. The van der Waals surface area contributed by atoms with E-state index in [1.54, 1.807) is 0 Å². The summed E-state index contributed by atoms with van der Waals surface area (Å²) in [7, 11) is 0. The zero-order valence-electron chi connectivity index (χ0n) is 12.0. The highest BCUT2D eigenvalue weighted by molar-refractivity contribution is 8.15. The first-order valence-corrected chi connectivity index (χ1v) is 7.75. The molecule has 1 saturated carbocycles. The van der Waals surface area contributed by atoms with Crippen LogP contribution in [0.2, 0.25) is 0 Å². The number of anilines is 1. The Balaban J connectivity index is 2.19. The van der Waals surface area contributed by atoms with E-state index in [-0.39, 0.29) is 29.0 Å². The molecule has 1 heterocycles. The molecule has 2 aliphatic rings. The second kappa shape index (κ2) is 4.85. The van der Waals surface area contributed by atoms with Crippen LogP contribution >= 0.6 is 11.8 Å². The second-order valence-electron chi connectivity index (χ2n) is 5.91. The Morgan fingerprint density at radius 2 is 2.18 bits per heavy atom. The molecule has 4 nitrogen and oxygen atoms in total. The number of hydrogen-bond acceptors (Lipinski definition) is 5. The standard InChI is InChI=1S/C15H16F2N4S/c1-8-12-14(7-16,10-6-9(19)2-3-11(10)17)21-13(20)22-15(8,12)4-5-18/h2-3,6,8,12H,4,7,19H2,1H3,(H2,20,21)/t8?,12?,14-,15+/m1/s1. The van der Waals surface area contributed by atoms with Crippen LogP contribution in [0.5, 0.6) is 0 Å². The van der Waals surface area contributed by atoms with Gasteiger partial charge in [0.15, 0.2) is 5.17 Å². The maximum absolute atomic E-state index is 14.3. The van der Waals surface area contributed by atoms with Crippen molar-refractivity contribution in [2.45, 2.75) is 23.6 Å². The monoisotopic (exact) mass is 322 g/mol. The van der Waals surface area contributed by atoms with E-state index >= 15 is 0 Å². The first kappa shape index (κ1) is 15.1. The van der Waals surface area contributed by atoms with Crippen LogP contribution in [0.4, 0.5) is 14.5 Å². The van der Waals surface area contributed by atoms with Crippen molar-refractivity contribution in [1.82, 2.24) is 0 Å². The molecule has 22 heavy (non-hydrogen) atoms. The average Bonchev–Trinajstić information content (AvgIpc) is 3.05. The van der Waals surface area contributed by atoms with E-state index in [4.69, 9.17) is 16.7 Å². The molecule has 4 N–H and O–H groups in total. The lowest BCUT2D eigenvalue weighted by Gasteiger charge is -2.34. The molecule has 1 fully saturated rings. The third kappa shape index (κ3) is 1.83. The fourth-order valence-electron chi connectivity index (χ4n) is 3.78. The summed E-state index contributed by atoms with van der Waals surface area (Å²) in [5.41, 5.74) is 10.7. The quantitative estimate of drug-likeness (QED) is 0.837. The summed E-state index contributed by atoms with van der Waals surface area (Å²) >= 11 is 1.30. The smallest absolute Gasteiger partial charge is 0.155 e. The third-order valence-electron chi connectivity index (χ3n) is 4.82. The number of nitrogen functional groups attached to an aromatic ring is 1. The Morgan fingerprint density at radius 1 is 1.45 bits per heavy atom. The van der Waals surface area contributed by atoms with Crippen molar-refractivity contribution in [2.75, 3.05) is 12.4 Å². The molecule has 0 spiro atoms. The van der Waals surface area contributed by atoms with Gasteiger partial charge in [-0.15, -0.1) is 0 Å². The predicted molar refractivity (Wildman–Crippen MR) is 83.3 cm³/mol. The Hall–Kier alpha value is -1.81. The van der Waals surface area contributed by atoms with Crippen LogP contribution < -0.4 is 11.5 Å². The number of aliphatic imine (C=N–C) groups is 1. The van der Waals surface area contributed by atoms with E-state index < -0.39 is 22.8 Å². The number of nitrogens with zero attached hydrogens (tertiary/aromatic N) is 2. The number of alkyl halides is 1. The summed E-state index contributed by atoms with van der Waals surface area (Å²) in [4.78, 5) is 4.28. The molecule has 4 atom stereocenters. The van der Waals surface area contributed by atoms with Gasteiger partial charge in [0.1, 0.15) is 18.0 Å². The number of fused-ring (bicyclic) bond motifs is 1. The zero-order valence-corrected chi connectivity index (χ0v) is 12.8. The molecule has 0 aromatic heterocycles. The molecule has 1 aromatic carbocycles. The lowest BCUT2D eigenvalue weighted by Crippen LogP contribution is -2.40. The first-order chi connectivity index (χ1) is 10.4. The Morgan fingerprint density at radius 3 is 2.82 bits per heavy atom. The molecule has 0 bridgehead atoms. The molecule has 2 unspecified atom stereocenters. The van der Waals surface area contributed by atoms with Gasteiger partial charge in [-0.1, -0.05) is 18.7 Å². The van der Waals surface area contributed by atoms with E-state index in [1.165, 1.54) is 30.0 Å². The highest BCUT2D eigenvalue weighted by atomic mass is 32.2. The summed E-state index contributed by atoms with van der Waals surface area (Å²) in [6.07, 6.45) is 0.228. The van der Waals surface area contributed by atoms with Crippen molar-refractivity contribution in [3.05, 3.63) is 29.6 Å². The predicted octanol–water partition coefficient (Wildman–Crippen LogP) is 2.55. The maximum Gasteiger partial charge on any atom is 0.155 e. The molecule has 0 radical (unpaired) electrons. The number of nitriles is 1. The van der Waals surface area contributed by atoms with Crippen LogP contribution in [0.25, 0.3) is 0 Å². The maximum atomic E-state index is 14.3. The molecule has 0 amide bonds. The first-order valence-electron chi connectivity index (χ1n) is 6.94. The van der Waals surface area contributed by atoms with Crippen LogP contribution in [0, 0.1) is 29.0 Å². The van der Waals surface area contributed by atoms with E-state index in [9.17, 15) is 8.78 Å². The minimum Gasteiger partial charge on any atom is -0.399 e. The van der Waals surface area contributed by atoms with Crippen LogP contribution in [0.15, 0.2) is 23.2 Å². The molecule has 7 heteroatoms. The van der Waals surface area contributed by atoms with Gasteiger partial charge in [-0.05, 0) is 24.1 Å².